The Bertz CT molecular complexity index is 1000. The van der Waals surface area contributed by atoms with E-state index in [4.69, 9.17) is 0 Å². The highest BCUT2D eigenvalue weighted by atomic mass is 32.2. The molecule has 0 saturated carbocycles. The number of carboxylic acids is 1. The maximum atomic E-state index is 13.8. The third-order valence-corrected chi connectivity index (χ3v) is 7.40. The van der Waals surface area contributed by atoms with Gasteiger partial charge in [-0.1, -0.05) is 91.0 Å². The van der Waals surface area contributed by atoms with Crippen LogP contribution in [0.4, 0.5) is 0 Å². The summed E-state index contributed by atoms with van der Waals surface area (Å²) in [7, 11) is 0. The molecule has 33 heavy (non-hydrogen) atoms. The van der Waals surface area contributed by atoms with E-state index in [-0.39, 0.29) is 11.8 Å². The van der Waals surface area contributed by atoms with Crippen LogP contribution in [0.2, 0.25) is 0 Å². The summed E-state index contributed by atoms with van der Waals surface area (Å²) in [5.41, 5.74) is 3.09. The second kappa shape index (κ2) is 11.2. The van der Waals surface area contributed by atoms with E-state index >= 15 is 0 Å². The fourth-order valence-electron chi connectivity index (χ4n) is 4.54. The topological polar surface area (TPSA) is 57.6 Å². The second-order valence-corrected chi connectivity index (χ2v) is 9.66. The zero-order chi connectivity index (χ0) is 23.0. The molecule has 0 unspecified atom stereocenters. The number of carbonyl (C=O) groups excluding carboxylic acids is 1. The van der Waals surface area contributed by atoms with Gasteiger partial charge in [0.25, 0.3) is 0 Å². The Morgan fingerprint density at radius 1 is 0.879 bits per heavy atom. The Morgan fingerprint density at radius 2 is 1.42 bits per heavy atom. The van der Waals surface area contributed by atoms with Gasteiger partial charge in [0.2, 0.25) is 5.91 Å². The Balaban J connectivity index is 1.46. The summed E-state index contributed by atoms with van der Waals surface area (Å²) in [6.45, 7) is 0.490. The summed E-state index contributed by atoms with van der Waals surface area (Å²) >= 11 is 1.84. The van der Waals surface area contributed by atoms with Crippen LogP contribution in [-0.4, -0.2) is 46.0 Å². The van der Waals surface area contributed by atoms with Crippen LogP contribution in [0, 0.1) is 5.92 Å². The molecule has 1 N–H and O–H groups in total. The normalized spacial score (nSPS) is 17.9. The zero-order valence-electron chi connectivity index (χ0n) is 18.5. The van der Waals surface area contributed by atoms with Crippen molar-refractivity contribution in [2.75, 3.05) is 18.1 Å². The van der Waals surface area contributed by atoms with Crippen molar-refractivity contribution in [2.45, 2.75) is 24.8 Å². The van der Waals surface area contributed by atoms with Gasteiger partial charge in [-0.25, -0.2) is 4.79 Å². The molecule has 3 aromatic rings. The number of thioether (sulfide) groups is 1. The van der Waals surface area contributed by atoms with Gasteiger partial charge in [-0.2, -0.15) is 11.8 Å². The van der Waals surface area contributed by atoms with E-state index < -0.39 is 17.9 Å². The van der Waals surface area contributed by atoms with Crippen molar-refractivity contribution in [3.63, 3.8) is 0 Å². The molecular formula is C28H29NO3S. The van der Waals surface area contributed by atoms with Crippen LogP contribution in [0.5, 0.6) is 0 Å². The fraction of sp³-hybridized carbons (Fsp3) is 0.286. The van der Waals surface area contributed by atoms with Crippen molar-refractivity contribution in [1.82, 2.24) is 4.90 Å². The van der Waals surface area contributed by atoms with E-state index in [9.17, 15) is 14.7 Å². The number of carboxylic acid groups (broad SMARTS) is 1. The van der Waals surface area contributed by atoms with Gasteiger partial charge in [0, 0.05) is 6.54 Å². The van der Waals surface area contributed by atoms with Crippen LogP contribution < -0.4 is 0 Å². The predicted octanol–water partition coefficient (Wildman–Crippen LogP) is 5.10. The molecule has 170 valence electrons. The largest absolute Gasteiger partial charge is 0.480 e. The lowest BCUT2D eigenvalue weighted by Crippen LogP contribution is -2.43. The molecule has 3 aromatic carbocycles. The molecule has 0 radical (unpaired) electrons. The molecule has 4 rings (SSSR count). The number of likely N-dealkylation sites (tertiary alicyclic amines) is 1. The number of hydrogen-bond acceptors (Lipinski definition) is 3. The number of hydrogen-bond donors (Lipinski definition) is 1. The summed E-state index contributed by atoms with van der Waals surface area (Å²) in [6, 6.07) is 28.9. The summed E-state index contributed by atoms with van der Waals surface area (Å²) in [5, 5.41) is 9.89. The van der Waals surface area contributed by atoms with Crippen molar-refractivity contribution >= 4 is 23.6 Å². The molecule has 0 aliphatic carbocycles. The number of benzene rings is 3. The first-order valence-corrected chi connectivity index (χ1v) is 12.5. The van der Waals surface area contributed by atoms with Gasteiger partial charge in [-0.15, -0.1) is 0 Å². The summed E-state index contributed by atoms with van der Waals surface area (Å²) in [4.78, 5) is 27.5. The third kappa shape index (κ3) is 5.85. The van der Waals surface area contributed by atoms with Crippen LogP contribution in [-0.2, 0) is 16.0 Å². The molecule has 0 aromatic heterocycles. The fourth-order valence-corrected chi connectivity index (χ4v) is 5.66. The average molecular weight is 460 g/mol. The minimum atomic E-state index is -0.917. The zero-order valence-corrected chi connectivity index (χ0v) is 19.4. The first-order chi connectivity index (χ1) is 16.1. The molecule has 2 atom stereocenters. The first-order valence-electron chi connectivity index (χ1n) is 11.4. The summed E-state index contributed by atoms with van der Waals surface area (Å²) < 4.78 is 0. The van der Waals surface area contributed by atoms with E-state index in [1.54, 1.807) is 4.90 Å². The minimum Gasteiger partial charge on any atom is -0.480 e. The third-order valence-electron chi connectivity index (χ3n) is 6.20. The standard InChI is InChI=1S/C28H29NO3S/c30-27(26(23-12-6-2-7-13-23)24-14-8-3-9-15-24)29-19-22(18-25(29)28(31)32)20-33-17-16-21-10-4-1-5-11-21/h1-15,22,25-26H,16-20H2,(H,31,32)/t22-,25-/m0/s1. The average Bonchev–Trinajstić information content (AvgIpc) is 3.29. The molecule has 0 spiro atoms. The number of nitrogens with zero attached hydrogens (tertiary/aromatic N) is 1. The minimum absolute atomic E-state index is 0.128. The van der Waals surface area contributed by atoms with E-state index in [1.165, 1.54) is 5.56 Å². The Morgan fingerprint density at radius 3 is 1.97 bits per heavy atom. The van der Waals surface area contributed by atoms with E-state index in [2.05, 4.69) is 12.1 Å². The van der Waals surface area contributed by atoms with Gasteiger partial charge >= 0.3 is 5.97 Å². The molecule has 5 heteroatoms. The maximum absolute atomic E-state index is 13.8. The summed E-state index contributed by atoms with van der Waals surface area (Å²) in [6.07, 6.45) is 1.50. The smallest absolute Gasteiger partial charge is 0.326 e. The number of rotatable bonds is 9. The Hall–Kier alpha value is -3.05. The van der Waals surface area contributed by atoms with Crippen molar-refractivity contribution in [2.24, 2.45) is 5.92 Å². The lowest BCUT2D eigenvalue weighted by molar-refractivity contribution is -0.148. The van der Waals surface area contributed by atoms with Crippen LogP contribution in [0.3, 0.4) is 0 Å². The quantitative estimate of drug-likeness (QED) is 0.453. The molecule has 1 amide bonds. The molecule has 1 aliphatic heterocycles. The summed E-state index contributed by atoms with van der Waals surface area (Å²) in [5.74, 6) is 0.489. The van der Waals surface area contributed by atoms with Crippen molar-refractivity contribution in [3.05, 3.63) is 108 Å². The highest BCUT2D eigenvalue weighted by Gasteiger charge is 2.42. The number of amides is 1. The van der Waals surface area contributed by atoms with E-state index in [0.29, 0.717) is 13.0 Å². The van der Waals surface area contributed by atoms with Gasteiger partial charge < -0.3 is 10.0 Å². The monoisotopic (exact) mass is 459 g/mol. The van der Waals surface area contributed by atoms with Crippen molar-refractivity contribution in [3.8, 4) is 0 Å². The van der Waals surface area contributed by atoms with Crippen LogP contribution >= 0.6 is 11.8 Å². The molecular weight excluding hydrogens is 430 g/mol. The Kier molecular flexibility index (Phi) is 7.84. The van der Waals surface area contributed by atoms with Crippen LogP contribution in [0.25, 0.3) is 0 Å². The molecule has 0 bridgehead atoms. The Labute approximate surface area is 199 Å². The second-order valence-electron chi connectivity index (χ2n) is 8.51. The number of aliphatic carboxylic acids is 1. The highest BCUT2D eigenvalue weighted by Crippen LogP contribution is 2.33. The van der Waals surface area contributed by atoms with E-state index in [0.717, 1.165) is 29.1 Å². The van der Waals surface area contributed by atoms with Gasteiger partial charge in [-0.3, -0.25) is 4.79 Å². The molecule has 1 saturated heterocycles. The lowest BCUT2D eigenvalue weighted by Gasteiger charge is -2.27. The SMILES string of the molecule is O=C(O)[C@@H]1C[C@H](CSCCc2ccccc2)CN1C(=O)C(c1ccccc1)c1ccccc1. The van der Waals surface area contributed by atoms with Gasteiger partial charge in [0.1, 0.15) is 6.04 Å². The molecule has 4 nitrogen and oxygen atoms in total. The number of aryl methyl sites for hydroxylation is 1. The molecule has 1 aliphatic rings. The van der Waals surface area contributed by atoms with Crippen LogP contribution in [0.15, 0.2) is 91.0 Å². The van der Waals surface area contributed by atoms with Crippen molar-refractivity contribution in [1.29, 1.82) is 0 Å². The number of carbonyl (C=O) groups is 2. The van der Waals surface area contributed by atoms with Gasteiger partial charge in [-0.05, 0) is 47.0 Å². The first kappa shape index (κ1) is 23.1. The lowest BCUT2D eigenvalue weighted by atomic mass is 9.90. The van der Waals surface area contributed by atoms with Gasteiger partial charge in [0.05, 0.1) is 5.92 Å². The van der Waals surface area contributed by atoms with E-state index in [1.807, 2.05) is 90.6 Å². The molecule has 1 fully saturated rings. The van der Waals surface area contributed by atoms with Crippen molar-refractivity contribution < 1.29 is 14.7 Å². The maximum Gasteiger partial charge on any atom is 0.326 e. The predicted molar refractivity (Wildman–Crippen MR) is 133 cm³/mol. The molecule has 1 heterocycles. The van der Waals surface area contributed by atoms with Crippen LogP contribution in [0.1, 0.15) is 29.0 Å². The highest BCUT2D eigenvalue weighted by molar-refractivity contribution is 7.99. The van der Waals surface area contributed by atoms with Gasteiger partial charge in [0.15, 0.2) is 0 Å².